The smallest absolute Gasteiger partial charge is 0.229 e. The Hall–Kier alpha value is -2.62. The summed E-state index contributed by atoms with van der Waals surface area (Å²) in [6, 6.07) is 13.8. The first-order valence-corrected chi connectivity index (χ1v) is 8.18. The zero-order valence-electron chi connectivity index (χ0n) is 14.3. The number of anilines is 2. The largest absolute Gasteiger partial charge is 0.326 e. The van der Waals surface area contributed by atoms with Gasteiger partial charge in [-0.15, -0.1) is 0 Å². The second-order valence-electron chi connectivity index (χ2n) is 6.61. The third kappa shape index (κ3) is 3.48. The Morgan fingerprint density at radius 3 is 2.42 bits per heavy atom. The number of nitrogens with zero attached hydrogens (tertiary/aromatic N) is 1. The monoisotopic (exact) mass is 322 g/mol. The van der Waals surface area contributed by atoms with Crippen molar-refractivity contribution in [1.82, 2.24) is 0 Å². The molecule has 0 radical (unpaired) electrons. The van der Waals surface area contributed by atoms with E-state index in [0.717, 1.165) is 28.1 Å². The number of carbonyl (C=O) groups excluding carboxylic acids is 2. The Bertz CT molecular complexity index is 778. The number of aryl methyl sites for hydroxylation is 3. The van der Waals surface area contributed by atoms with Gasteiger partial charge >= 0.3 is 0 Å². The maximum absolute atomic E-state index is 12.5. The van der Waals surface area contributed by atoms with Crippen LogP contribution in [0.2, 0.25) is 0 Å². The van der Waals surface area contributed by atoms with Crippen LogP contribution in [0, 0.1) is 26.7 Å². The van der Waals surface area contributed by atoms with Gasteiger partial charge in [-0.25, -0.2) is 0 Å². The van der Waals surface area contributed by atoms with Crippen molar-refractivity contribution >= 4 is 23.2 Å². The molecule has 1 saturated heterocycles. The number of amides is 2. The van der Waals surface area contributed by atoms with Crippen LogP contribution in [-0.4, -0.2) is 18.4 Å². The summed E-state index contributed by atoms with van der Waals surface area (Å²) in [7, 11) is 0. The first-order chi connectivity index (χ1) is 11.4. The van der Waals surface area contributed by atoms with Crippen molar-refractivity contribution in [3.8, 4) is 0 Å². The molecule has 4 nitrogen and oxygen atoms in total. The highest BCUT2D eigenvalue weighted by molar-refractivity contribution is 6.03. The first kappa shape index (κ1) is 16.2. The molecule has 1 atom stereocenters. The van der Waals surface area contributed by atoms with Crippen LogP contribution >= 0.6 is 0 Å². The lowest BCUT2D eigenvalue weighted by atomic mass is 10.1. The molecule has 0 saturated carbocycles. The summed E-state index contributed by atoms with van der Waals surface area (Å²) in [5.74, 6) is -0.413. The SMILES string of the molecule is Cc1cc(C)cc(NC(=O)[C@H]2CC(=O)N(c3cccc(C)c3)C2)c1. The van der Waals surface area contributed by atoms with Crippen molar-refractivity contribution in [3.05, 3.63) is 59.2 Å². The van der Waals surface area contributed by atoms with Crippen LogP contribution < -0.4 is 10.2 Å². The minimum Gasteiger partial charge on any atom is -0.326 e. The zero-order valence-corrected chi connectivity index (χ0v) is 14.3. The molecular weight excluding hydrogens is 300 g/mol. The van der Waals surface area contributed by atoms with Gasteiger partial charge in [0.15, 0.2) is 0 Å². The van der Waals surface area contributed by atoms with Crippen molar-refractivity contribution in [2.24, 2.45) is 5.92 Å². The summed E-state index contributed by atoms with van der Waals surface area (Å²) in [5.41, 5.74) is 4.97. The van der Waals surface area contributed by atoms with Crippen LogP contribution in [0.15, 0.2) is 42.5 Å². The van der Waals surface area contributed by atoms with Gasteiger partial charge in [-0.05, 0) is 61.7 Å². The molecule has 1 heterocycles. The second-order valence-corrected chi connectivity index (χ2v) is 6.61. The summed E-state index contributed by atoms with van der Waals surface area (Å²) < 4.78 is 0. The topological polar surface area (TPSA) is 49.4 Å². The lowest BCUT2D eigenvalue weighted by Crippen LogP contribution is -2.28. The summed E-state index contributed by atoms with van der Waals surface area (Å²) in [6.45, 7) is 6.43. The lowest BCUT2D eigenvalue weighted by Gasteiger charge is -2.17. The van der Waals surface area contributed by atoms with Gasteiger partial charge in [0.05, 0.1) is 5.92 Å². The normalized spacial score (nSPS) is 17.2. The van der Waals surface area contributed by atoms with E-state index in [4.69, 9.17) is 0 Å². The molecule has 2 aromatic rings. The Labute approximate surface area is 142 Å². The van der Waals surface area contributed by atoms with Crippen LogP contribution in [0.5, 0.6) is 0 Å². The number of nitrogens with one attached hydrogen (secondary N) is 1. The predicted octanol–water partition coefficient (Wildman–Crippen LogP) is 3.60. The van der Waals surface area contributed by atoms with Crippen LogP contribution in [0.4, 0.5) is 11.4 Å². The molecule has 1 fully saturated rings. The van der Waals surface area contributed by atoms with Gasteiger partial charge in [0.2, 0.25) is 11.8 Å². The summed E-state index contributed by atoms with van der Waals surface area (Å²) >= 11 is 0. The van der Waals surface area contributed by atoms with Crippen LogP contribution in [0.25, 0.3) is 0 Å². The van der Waals surface area contributed by atoms with Gasteiger partial charge in [0.1, 0.15) is 0 Å². The van der Waals surface area contributed by atoms with Gasteiger partial charge in [0, 0.05) is 24.3 Å². The third-order valence-electron chi connectivity index (χ3n) is 4.30. The number of carbonyl (C=O) groups is 2. The molecule has 1 N–H and O–H groups in total. The van der Waals surface area contributed by atoms with Gasteiger partial charge in [-0.1, -0.05) is 18.2 Å². The molecule has 24 heavy (non-hydrogen) atoms. The fraction of sp³-hybridized carbons (Fsp3) is 0.300. The van der Waals surface area contributed by atoms with Crippen LogP contribution in [0.3, 0.4) is 0 Å². The summed E-state index contributed by atoms with van der Waals surface area (Å²) in [6.07, 6.45) is 0.255. The number of hydrogen-bond acceptors (Lipinski definition) is 2. The van der Waals surface area contributed by atoms with E-state index < -0.39 is 0 Å². The van der Waals surface area contributed by atoms with Crippen LogP contribution in [-0.2, 0) is 9.59 Å². The van der Waals surface area contributed by atoms with Crippen molar-refractivity contribution in [2.75, 3.05) is 16.8 Å². The van der Waals surface area contributed by atoms with Crippen molar-refractivity contribution in [3.63, 3.8) is 0 Å². The van der Waals surface area contributed by atoms with E-state index in [-0.39, 0.29) is 24.2 Å². The highest BCUT2D eigenvalue weighted by Gasteiger charge is 2.35. The van der Waals surface area contributed by atoms with E-state index in [0.29, 0.717) is 6.54 Å². The maximum Gasteiger partial charge on any atom is 0.229 e. The Balaban J connectivity index is 1.72. The molecule has 2 amide bonds. The van der Waals surface area contributed by atoms with Gasteiger partial charge in [0.25, 0.3) is 0 Å². The van der Waals surface area contributed by atoms with Crippen LogP contribution in [0.1, 0.15) is 23.1 Å². The maximum atomic E-state index is 12.5. The molecular formula is C20H22N2O2. The lowest BCUT2D eigenvalue weighted by molar-refractivity contribution is -0.122. The fourth-order valence-electron chi connectivity index (χ4n) is 3.22. The molecule has 0 unspecified atom stereocenters. The third-order valence-corrected chi connectivity index (χ3v) is 4.30. The number of rotatable bonds is 3. The molecule has 0 bridgehead atoms. The minimum absolute atomic E-state index is 0.00109. The van der Waals surface area contributed by atoms with E-state index in [9.17, 15) is 9.59 Å². The molecule has 0 aliphatic carbocycles. The molecule has 1 aliphatic heterocycles. The highest BCUT2D eigenvalue weighted by Crippen LogP contribution is 2.27. The Morgan fingerprint density at radius 1 is 1.04 bits per heavy atom. The molecule has 124 valence electrons. The second kappa shape index (κ2) is 6.48. The van der Waals surface area contributed by atoms with Gasteiger partial charge in [-0.3, -0.25) is 9.59 Å². The summed E-state index contributed by atoms with van der Waals surface area (Å²) in [4.78, 5) is 26.6. The summed E-state index contributed by atoms with van der Waals surface area (Å²) in [5, 5.41) is 2.95. The van der Waals surface area contributed by atoms with Gasteiger partial charge in [-0.2, -0.15) is 0 Å². The molecule has 1 aliphatic rings. The fourth-order valence-corrected chi connectivity index (χ4v) is 3.22. The quantitative estimate of drug-likeness (QED) is 0.938. The van der Waals surface area contributed by atoms with Crippen molar-refractivity contribution in [2.45, 2.75) is 27.2 Å². The van der Waals surface area contributed by atoms with Crippen molar-refractivity contribution in [1.29, 1.82) is 0 Å². The van der Waals surface area contributed by atoms with E-state index >= 15 is 0 Å². The highest BCUT2D eigenvalue weighted by atomic mass is 16.2. The minimum atomic E-state index is -0.321. The first-order valence-electron chi connectivity index (χ1n) is 8.18. The standard InChI is InChI=1S/C20H22N2O2/c1-13-5-4-6-18(10-13)22-12-16(11-19(22)23)20(24)21-17-8-14(2)7-15(3)9-17/h4-10,16H,11-12H2,1-3H3,(H,21,24)/t16-/m0/s1. The number of hydrogen-bond donors (Lipinski definition) is 1. The Kier molecular flexibility index (Phi) is 4.38. The molecule has 3 rings (SSSR count). The molecule has 0 spiro atoms. The average Bonchev–Trinajstić information content (AvgIpc) is 2.88. The van der Waals surface area contributed by atoms with E-state index in [1.54, 1.807) is 4.90 Å². The Morgan fingerprint density at radius 2 is 1.75 bits per heavy atom. The zero-order chi connectivity index (χ0) is 17.3. The molecule has 2 aromatic carbocycles. The average molecular weight is 322 g/mol. The van der Waals surface area contributed by atoms with E-state index in [2.05, 4.69) is 11.4 Å². The van der Waals surface area contributed by atoms with Crippen molar-refractivity contribution < 1.29 is 9.59 Å². The van der Waals surface area contributed by atoms with E-state index in [1.165, 1.54) is 0 Å². The number of benzene rings is 2. The molecule has 0 aromatic heterocycles. The van der Waals surface area contributed by atoms with Gasteiger partial charge < -0.3 is 10.2 Å². The predicted molar refractivity (Wildman–Crippen MR) is 96.2 cm³/mol. The van der Waals surface area contributed by atoms with E-state index in [1.807, 2.05) is 57.2 Å². The molecule has 4 heteroatoms.